The second-order valence-corrected chi connectivity index (χ2v) is 7.05. The number of ether oxygens (including phenoxy) is 4. The van der Waals surface area contributed by atoms with Crippen LogP contribution >= 0.6 is 0 Å². The molecule has 2 aromatic carbocycles. The number of nitrogens with one attached hydrogen (secondary N) is 1. The maximum atomic E-state index is 12.0. The first-order valence-electron chi connectivity index (χ1n) is 11.0. The number of benzene rings is 2. The summed E-state index contributed by atoms with van der Waals surface area (Å²) in [6.45, 7) is 4.12. The topological polar surface area (TPSA) is 100 Å². The van der Waals surface area contributed by atoms with Gasteiger partial charge in [-0.2, -0.15) is 0 Å². The van der Waals surface area contributed by atoms with Gasteiger partial charge in [0.15, 0.2) is 0 Å². The van der Waals surface area contributed by atoms with Gasteiger partial charge in [0, 0.05) is 17.8 Å². The van der Waals surface area contributed by atoms with Crippen molar-refractivity contribution in [3.05, 3.63) is 65.7 Å². The zero-order chi connectivity index (χ0) is 23.7. The fourth-order valence-electron chi connectivity index (χ4n) is 2.70. The van der Waals surface area contributed by atoms with Crippen molar-refractivity contribution in [2.24, 2.45) is 0 Å². The minimum atomic E-state index is -0.912. The van der Waals surface area contributed by atoms with E-state index in [1.54, 1.807) is 42.5 Å². The Balaban J connectivity index is 1.46. The lowest BCUT2D eigenvalue weighted by Gasteiger charge is -2.08. The van der Waals surface area contributed by atoms with Crippen LogP contribution in [-0.2, 0) is 23.7 Å². The summed E-state index contributed by atoms with van der Waals surface area (Å²) in [6, 6.07) is 15.4. The second-order valence-electron chi connectivity index (χ2n) is 7.05. The minimum absolute atomic E-state index is 0.0259. The molecule has 0 radical (unpaired) electrons. The number of ketones is 1. The molecule has 0 aliphatic heterocycles. The lowest BCUT2D eigenvalue weighted by Crippen LogP contribution is -2.20. The highest BCUT2D eigenvalue weighted by atomic mass is 16.6. The predicted molar refractivity (Wildman–Crippen MR) is 123 cm³/mol. The Morgan fingerprint density at radius 3 is 1.97 bits per heavy atom. The van der Waals surface area contributed by atoms with Crippen molar-refractivity contribution < 1.29 is 33.3 Å². The molecule has 0 atom stereocenters. The third-order valence-electron chi connectivity index (χ3n) is 4.50. The summed E-state index contributed by atoms with van der Waals surface area (Å²) in [4.78, 5) is 35.5. The Bertz CT molecular complexity index is 853. The summed E-state index contributed by atoms with van der Waals surface area (Å²) in [5.74, 6) is -2.00. The summed E-state index contributed by atoms with van der Waals surface area (Å²) in [5, 5.41) is 3.29. The van der Waals surface area contributed by atoms with Crippen molar-refractivity contribution in [3.63, 3.8) is 0 Å². The quantitative estimate of drug-likeness (QED) is 0.177. The fourth-order valence-corrected chi connectivity index (χ4v) is 2.70. The lowest BCUT2D eigenvalue weighted by molar-refractivity contribution is -0.139. The van der Waals surface area contributed by atoms with Crippen LogP contribution in [0.4, 0.5) is 5.69 Å². The molecule has 33 heavy (non-hydrogen) atoms. The van der Waals surface area contributed by atoms with Gasteiger partial charge < -0.3 is 24.3 Å². The molecule has 0 saturated carbocycles. The number of Topliss-reactive ketones (excluding diaryl/α,β-unsaturated/α-hetero) is 1. The Hall–Kier alpha value is -3.23. The van der Waals surface area contributed by atoms with Gasteiger partial charge in [-0.3, -0.25) is 4.79 Å². The summed E-state index contributed by atoms with van der Waals surface area (Å²) in [7, 11) is 0. The molecule has 0 unspecified atom stereocenters. The van der Waals surface area contributed by atoms with E-state index in [-0.39, 0.29) is 38.6 Å². The standard InChI is InChI=1S/C25H31NO7/c1-2-3-13-26-22-11-9-21(10-12-22)24(28)32-18-16-30-14-15-31-17-19-33-25(29)23(27)20-7-5-4-6-8-20/h4-12,26H,2-3,13-19H2,1H3. The van der Waals surface area contributed by atoms with Crippen LogP contribution in [0.1, 0.15) is 40.5 Å². The molecule has 0 saturated heterocycles. The third-order valence-corrected chi connectivity index (χ3v) is 4.50. The summed E-state index contributed by atoms with van der Waals surface area (Å²) in [5.41, 5.74) is 1.74. The molecule has 8 nitrogen and oxygen atoms in total. The molecule has 2 rings (SSSR count). The van der Waals surface area contributed by atoms with E-state index in [1.165, 1.54) is 0 Å². The van der Waals surface area contributed by atoms with Crippen LogP contribution in [-0.4, -0.2) is 63.9 Å². The number of hydrogen-bond acceptors (Lipinski definition) is 8. The zero-order valence-corrected chi connectivity index (χ0v) is 18.9. The number of unbranched alkanes of at least 4 members (excludes halogenated alkanes) is 1. The summed E-state index contributed by atoms with van der Waals surface area (Å²) < 4.78 is 20.7. The summed E-state index contributed by atoms with van der Waals surface area (Å²) >= 11 is 0. The van der Waals surface area contributed by atoms with E-state index < -0.39 is 17.7 Å². The van der Waals surface area contributed by atoms with Crippen molar-refractivity contribution in [1.29, 1.82) is 0 Å². The number of carbonyl (C=O) groups excluding carboxylic acids is 3. The third kappa shape index (κ3) is 10.3. The van der Waals surface area contributed by atoms with Crippen LogP contribution in [0.5, 0.6) is 0 Å². The average molecular weight is 458 g/mol. The first kappa shape index (κ1) is 26.0. The van der Waals surface area contributed by atoms with E-state index in [9.17, 15) is 14.4 Å². The van der Waals surface area contributed by atoms with Gasteiger partial charge in [-0.05, 0) is 30.7 Å². The average Bonchev–Trinajstić information content (AvgIpc) is 2.85. The monoisotopic (exact) mass is 457 g/mol. The molecule has 0 heterocycles. The van der Waals surface area contributed by atoms with E-state index in [0.29, 0.717) is 12.2 Å². The van der Waals surface area contributed by atoms with Gasteiger partial charge in [0.2, 0.25) is 0 Å². The SMILES string of the molecule is CCCCNc1ccc(C(=O)OCCOCCOCCOC(=O)C(=O)c2ccccc2)cc1. The molecule has 0 amide bonds. The van der Waals surface area contributed by atoms with Crippen molar-refractivity contribution in [2.75, 3.05) is 51.5 Å². The smallest absolute Gasteiger partial charge is 0.379 e. The van der Waals surface area contributed by atoms with Crippen molar-refractivity contribution >= 4 is 23.4 Å². The van der Waals surface area contributed by atoms with Gasteiger partial charge >= 0.3 is 11.9 Å². The van der Waals surface area contributed by atoms with Crippen LogP contribution < -0.4 is 5.32 Å². The van der Waals surface area contributed by atoms with Crippen LogP contribution in [0.3, 0.4) is 0 Å². The van der Waals surface area contributed by atoms with E-state index in [4.69, 9.17) is 18.9 Å². The molecule has 0 bridgehead atoms. The van der Waals surface area contributed by atoms with Crippen LogP contribution in [0.15, 0.2) is 54.6 Å². The van der Waals surface area contributed by atoms with E-state index in [0.717, 1.165) is 25.1 Å². The lowest BCUT2D eigenvalue weighted by atomic mass is 10.1. The maximum absolute atomic E-state index is 12.0. The van der Waals surface area contributed by atoms with Gasteiger partial charge in [0.25, 0.3) is 5.78 Å². The highest BCUT2D eigenvalue weighted by Crippen LogP contribution is 2.11. The fraction of sp³-hybridized carbons (Fsp3) is 0.400. The van der Waals surface area contributed by atoms with Gasteiger partial charge in [0.05, 0.1) is 32.0 Å². The number of carbonyl (C=O) groups is 3. The maximum Gasteiger partial charge on any atom is 0.379 e. The highest BCUT2D eigenvalue weighted by molar-refractivity contribution is 6.40. The molecule has 0 aliphatic carbocycles. The molecular formula is C25H31NO7. The zero-order valence-electron chi connectivity index (χ0n) is 18.9. The Morgan fingerprint density at radius 1 is 0.727 bits per heavy atom. The molecule has 0 fully saturated rings. The largest absolute Gasteiger partial charge is 0.460 e. The number of rotatable bonds is 16. The predicted octanol–water partition coefficient (Wildman–Crippen LogP) is 3.51. The molecule has 0 aliphatic rings. The van der Waals surface area contributed by atoms with Crippen molar-refractivity contribution in [2.45, 2.75) is 19.8 Å². The molecule has 1 N–H and O–H groups in total. The first-order chi connectivity index (χ1) is 16.1. The number of hydrogen-bond donors (Lipinski definition) is 1. The van der Waals surface area contributed by atoms with Gasteiger partial charge in [-0.15, -0.1) is 0 Å². The van der Waals surface area contributed by atoms with Crippen molar-refractivity contribution in [1.82, 2.24) is 0 Å². The molecule has 178 valence electrons. The summed E-state index contributed by atoms with van der Waals surface area (Å²) in [6.07, 6.45) is 2.22. The van der Waals surface area contributed by atoms with Gasteiger partial charge in [0.1, 0.15) is 13.2 Å². The number of anilines is 1. The van der Waals surface area contributed by atoms with Crippen LogP contribution in [0, 0.1) is 0 Å². The van der Waals surface area contributed by atoms with Crippen LogP contribution in [0.25, 0.3) is 0 Å². The molecule has 8 heteroatoms. The second kappa shape index (κ2) is 15.6. The van der Waals surface area contributed by atoms with Gasteiger partial charge in [-0.25, -0.2) is 9.59 Å². The first-order valence-corrected chi connectivity index (χ1v) is 11.0. The minimum Gasteiger partial charge on any atom is -0.460 e. The van der Waals surface area contributed by atoms with E-state index in [1.807, 2.05) is 12.1 Å². The van der Waals surface area contributed by atoms with E-state index >= 15 is 0 Å². The van der Waals surface area contributed by atoms with Gasteiger partial charge in [-0.1, -0.05) is 43.7 Å². The molecular weight excluding hydrogens is 426 g/mol. The van der Waals surface area contributed by atoms with E-state index in [2.05, 4.69) is 12.2 Å². The molecule has 0 aromatic heterocycles. The molecule has 2 aromatic rings. The molecule has 0 spiro atoms. The highest BCUT2D eigenvalue weighted by Gasteiger charge is 2.17. The van der Waals surface area contributed by atoms with Crippen molar-refractivity contribution in [3.8, 4) is 0 Å². The normalized spacial score (nSPS) is 10.5. The van der Waals surface area contributed by atoms with Crippen LogP contribution in [0.2, 0.25) is 0 Å². The Labute approximate surface area is 194 Å². The Morgan fingerprint density at radius 2 is 1.33 bits per heavy atom. The Kier molecular flexibility index (Phi) is 12.3. The number of esters is 2.